The van der Waals surface area contributed by atoms with Crippen LogP contribution in [0.4, 0.5) is 4.39 Å². The van der Waals surface area contributed by atoms with E-state index >= 15 is 0 Å². The number of halogens is 2. The Kier molecular flexibility index (Phi) is 5.20. The first kappa shape index (κ1) is 15.8. The van der Waals surface area contributed by atoms with E-state index in [-0.39, 0.29) is 18.4 Å². The molecule has 0 spiro atoms. The molecule has 21 heavy (non-hydrogen) atoms. The first-order chi connectivity index (χ1) is 10.0. The molecule has 2 N–H and O–H groups in total. The minimum absolute atomic E-state index is 0.203. The Hall–Kier alpha value is -1.59. The van der Waals surface area contributed by atoms with Gasteiger partial charge in [-0.05, 0) is 58.2 Å². The largest absolute Gasteiger partial charge is 0.496 e. The topological polar surface area (TPSA) is 44.5 Å². The van der Waals surface area contributed by atoms with E-state index in [0.29, 0.717) is 0 Å². The Morgan fingerprint density at radius 1 is 1.19 bits per heavy atom. The van der Waals surface area contributed by atoms with Gasteiger partial charge in [0, 0.05) is 6.04 Å². The van der Waals surface area contributed by atoms with Gasteiger partial charge >= 0.3 is 0 Å². The third-order valence-electron chi connectivity index (χ3n) is 3.09. The van der Waals surface area contributed by atoms with E-state index in [1.54, 1.807) is 19.2 Å². The highest BCUT2D eigenvalue weighted by Gasteiger charge is 2.08. The quantitative estimate of drug-likeness (QED) is 0.876. The molecule has 112 valence electrons. The molecule has 2 aromatic rings. The molecule has 1 atom stereocenters. The van der Waals surface area contributed by atoms with E-state index in [1.807, 2.05) is 25.1 Å². The van der Waals surface area contributed by atoms with Gasteiger partial charge in [-0.3, -0.25) is 0 Å². The van der Waals surface area contributed by atoms with Crippen molar-refractivity contribution >= 4 is 15.9 Å². The maximum atomic E-state index is 13.9. The van der Waals surface area contributed by atoms with Crippen LogP contribution in [0.2, 0.25) is 0 Å². The minimum atomic E-state index is -0.405. The van der Waals surface area contributed by atoms with Gasteiger partial charge in [-0.15, -0.1) is 0 Å². The molecule has 0 saturated carbocycles. The molecule has 0 aromatic heterocycles. The lowest BCUT2D eigenvalue weighted by molar-refractivity contribution is 0.289. The Morgan fingerprint density at radius 3 is 2.48 bits per heavy atom. The fourth-order valence-corrected chi connectivity index (χ4v) is 2.47. The van der Waals surface area contributed by atoms with Gasteiger partial charge in [-0.2, -0.15) is 0 Å². The predicted octanol–water partition coefficient (Wildman–Crippen LogP) is 4.20. The van der Waals surface area contributed by atoms with E-state index in [2.05, 4.69) is 15.9 Å². The molecule has 0 heterocycles. The minimum Gasteiger partial charge on any atom is -0.496 e. The van der Waals surface area contributed by atoms with Crippen LogP contribution in [0.1, 0.15) is 24.1 Å². The molecular weight excluding hydrogens is 337 g/mol. The molecule has 5 heteroatoms. The maximum Gasteiger partial charge on any atom is 0.165 e. The van der Waals surface area contributed by atoms with Crippen molar-refractivity contribution in [2.24, 2.45) is 5.73 Å². The van der Waals surface area contributed by atoms with Crippen LogP contribution in [0.15, 0.2) is 40.9 Å². The Balaban J connectivity index is 2.08. The summed E-state index contributed by atoms with van der Waals surface area (Å²) in [6.07, 6.45) is 0. The third kappa shape index (κ3) is 3.95. The van der Waals surface area contributed by atoms with E-state index < -0.39 is 5.82 Å². The van der Waals surface area contributed by atoms with Gasteiger partial charge in [-0.25, -0.2) is 4.39 Å². The average Bonchev–Trinajstić information content (AvgIpc) is 2.46. The third-order valence-corrected chi connectivity index (χ3v) is 3.71. The summed E-state index contributed by atoms with van der Waals surface area (Å²) >= 11 is 3.40. The SMILES string of the molecule is COc1ccc(COc2ccc([C@H](C)N)cc2F)cc1Br. The van der Waals surface area contributed by atoms with Crippen LogP contribution in [0.5, 0.6) is 11.5 Å². The van der Waals surface area contributed by atoms with Crippen LogP contribution in [-0.4, -0.2) is 7.11 Å². The monoisotopic (exact) mass is 353 g/mol. The molecule has 0 aliphatic carbocycles. The van der Waals surface area contributed by atoms with Gasteiger partial charge in [0.1, 0.15) is 12.4 Å². The first-order valence-corrected chi connectivity index (χ1v) is 7.31. The lowest BCUT2D eigenvalue weighted by Gasteiger charge is -2.11. The second-order valence-electron chi connectivity index (χ2n) is 4.74. The summed E-state index contributed by atoms with van der Waals surface area (Å²) in [7, 11) is 1.60. The van der Waals surface area contributed by atoms with E-state index in [0.717, 1.165) is 21.3 Å². The normalized spacial score (nSPS) is 12.0. The summed E-state index contributed by atoms with van der Waals surface area (Å²) in [4.78, 5) is 0. The van der Waals surface area contributed by atoms with Crippen molar-refractivity contribution in [1.29, 1.82) is 0 Å². The van der Waals surface area contributed by atoms with E-state index in [9.17, 15) is 4.39 Å². The lowest BCUT2D eigenvalue weighted by Crippen LogP contribution is -2.06. The highest BCUT2D eigenvalue weighted by molar-refractivity contribution is 9.10. The van der Waals surface area contributed by atoms with E-state index in [4.69, 9.17) is 15.2 Å². The van der Waals surface area contributed by atoms with Gasteiger partial charge in [0.05, 0.1) is 11.6 Å². The molecule has 2 aromatic carbocycles. The van der Waals surface area contributed by atoms with Crippen molar-refractivity contribution in [3.8, 4) is 11.5 Å². The summed E-state index contributed by atoms with van der Waals surface area (Å²) < 4.78 is 25.4. The highest BCUT2D eigenvalue weighted by atomic mass is 79.9. The van der Waals surface area contributed by atoms with Crippen molar-refractivity contribution in [2.75, 3.05) is 7.11 Å². The average molecular weight is 354 g/mol. The number of nitrogens with two attached hydrogens (primary N) is 1. The predicted molar refractivity (Wildman–Crippen MR) is 84.0 cm³/mol. The van der Waals surface area contributed by atoms with Gasteiger partial charge in [0.2, 0.25) is 0 Å². The summed E-state index contributed by atoms with van der Waals surface area (Å²) in [5, 5.41) is 0. The van der Waals surface area contributed by atoms with Crippen LogP contribution >= 0.6 is 15.9 Å². The molecule has 0 radical (unpaired) electrons. The standard InChI is InChI=1S/C16H17BrFNO2/c1-10(19)12-4-6-16(14(18)8-12)21-9-11-3-5-15(20-2)13(17)7-11/h3-8,10H,9,19H2,1-2H3/t10-/m0/s1. The molecule has 0 aliphatic rings. The van der Waals surface area contributed by atoms with Crippen LogP contribution in [-0.2, 0) is 6.61 Å². The zero-order valence-electron chi connectivity index (χ0n) is 11.9. The van der Waals surface area contributed by atoms with Crippen molar-refractivity contribution in [2.45, 2.75) is 19.6 Å². The zero-order valence-corrected chi connectivity index (χ0v) is 13.5. The maximum absolute atomic E-state index is 13.9. The molecule has 3 nitrogen and oxygen atoms in total. The first-order valence-electron chi connectivity index (χ1n) is 6.51. The van der Waals surface area contributed by atoms with Gasteiger partial charge in [-0.1, -0.05) is 12.1 Å². The molecule has 2 rings (SSSR count). The van der Waals surface area contributed by atoms with Crippen LogP contribution < -0.4 is 15.2 Å². The smallest absolute Gasteiger partial charge is 0.165 e. The van der Waals surface area contributed by atoms with Crippen molar-refractivity contribution in [3.05, 3.63) is 57.8 Å². The summed E-state index contributed by atoms with van der Waals surface area (Å²) in [6, 6.07) is 10.2. The molecule has 0 aliphatic heterocycles. The molecule has 0 saturated heterocycles. The summed E-state index contributed by atoms with van der Waals surface area (Å²) in [5.41, 5.74) is 7.37. The van der Waals surface area contributed by atoms with Crippen LogP contribution in [0.3, 0.4) is 0 Å². The highest BCUT2D eigenvalue weighted by Crippen LogP contribution is 2.27. The van der Waals surface area contributed by atoms with Crippen LogP contribution in [0.25, 0.3) is 0 Å². The number of hydrogen-bond acceptors (Lipinski definition) is 3. The second-order valence-corrected chi connectivity index (χ2v) is 5.59. The Labute approximate surface area is 132 Å². The fourth-order valence-electron chi connectivity index (χ4n) is 1.88. The van der Waals surface area contributed by atoms with Gasteiger partial charge < -0.3 is 15.2 Å². The van der Waals surface area contributed by atoms with Crippen molar-refractivity contribution in [3.63, 3.8) is 0 Å². The van der Waals surface area contributed by atoms with Crippen LogP contribution in [0, 0.1) is 5.82 Å². The zero-order chi connectivity index (χ0) is 15.4. The lowest BCUT2D eigenvalue weighted by atomic mass is 10.1. The number of ether oxygens (including phenoxy) is 2. The molecule has 0 unspecified atom stereocenters. The van der Waals surface area contributed by atoms with Crippen molar-refractivity contribution < 1.29 is 13.9 Å². The molecular formula is C16H17BrFNO2. The second kappa shape index (κ2) is 6.91. The summed E-state index contributed by atoms with van der Waals surface area (Å²) in [5.74, 6) is 0.551. The van der Waals surface area contributed by atoms with Gasteiger partial charge in [0.25, 0.3) is 0 Å². The van der Waals surface area contributed by atoms with Gasteiger partial charge in [0.15, 0.2) is 11.6 Å². The Morgan fingerprint density at radius 2 is 1.90 bits per heavy atom. The van der Waals surface area contributed by atoms with E-state index in [1.165, 1.54) is 6.07 Å². The molecule has 0 fully saturated rings. The van der Waals surface area contributed by atoms with Crippen molar-refractivity contribution in [1.82, 2.24) is 0 Å². The molecule has 0 bridgehead atoms. The number of methoxy groups -OCH3 is 1. The number of rotatable bonds is 5. The molecule has 0 amide bonds. The number of benzene rings is 2. The number of hydrogen-bond donors (Lipinski definition) is 1. The fraction of sp³-hybridized carbons (Fsp3) is 0.250. The summed E-state index contributed by atoms with van der Waals surface area (Å²) in [6.45, 7) is 2.08. The Bertz CT molecular complexity index is 632.